The minimum Gasteiger partial charge on any atom is -0.493 e. The molecule has 0 spiro atoms. The highest BCUT2D eigenvalue weighted by atomic mass is 35.5. The van der Waals surface area contributed by atoms with Crippen LogP contribution < -0.4 is 10.9 Å². The zero-order valence-electron chi connectivity index (χ0n) is 17.7. The Bertz CT molecular complexity index is 1000. The maximum Gasteiger partial charge on any atom is 0.255 e. The van der Waals surface area contributed by atoms with E-state index >= 15 is 0 Å². The van der Waals surface area contributed by atoms with E-state index in [2.05, 4.69) is 25.2 Å². The molecule has 0 saturated heterocycles. The number of aromatic nitrogens is 3. The monoisotopic (exact) mass is 523 g/mol. The second kappa shape index (κ2) is 15.0. The molecule has 0 aliphatic heterocycles. The van der Waals surface area contributed by atoms with Gasteiger partial charge < -0.3 is 19.7 Å². The third kappa shape index (κ3) is 9.70. The second-order valence-corrected chi connectivity index (χ2v) is 7.98. The molecule has 3 N–H and O–H groups in total. The van der Waals surface area contributed by atoms with Crippen molar-refractivity contribution in [2.75, 3.05) is 31.7 Å². The minimum absolute atomic E-state index is 0. The van der Waals surface area contributed by atoms with Crippen molar-refractivity contribution < 1.29 is 9.52 Å². The zero-order chi connectivity index (χ0) is 20.6. The summed E-state index contributed by atoms with van der Waals surface area (Å²) in [7, 11) is 4.02. The van der Waals surface area contributed by atoms with Crippen LogP contribution in [0.25, 0.3) is 0 Å². The smallest absolute Gasteiger partial charge is 0.255 e. The van der Waals surface area contributed by atoms with Gasteiger partial charge in [-0.25, -0.2) is 9.97 Å². The maximum atomic E-state index is 12.2. The molecule has 0 saturated carbocycles. The lowest BCUT2D eigenvalue weighted by Crippen LogP contribution is -2.18. The third-order valence-corrected chi connectivity index (χ3v) is 5.03. The van der Waals surface area contributed by atoms with Crippen molar-refractivity contribution in [2.24, 2.45) is 0 Å². The first kappa shape index (κ1) is 30.1. The van der Waals surface area contributed by atoms with Crippen LogP contribution in [0.4, 0.5) is 5.95 Å². The minimum atomic E-state index is -0.199. The van der Waals surface area contributed by atoms with Gasteiger partial charge >= 0.3 is 0 Å². The Morgan fingerprint density at radius 2 is 1.91 bits per heavy atom. The first-order valence-corrected chi connectivity index (χ1v) is 10.4. The van der Waals surface area contributed by atoms with E-state index in [4.69, 9.17) is 4.42 Å². The number of nitrogens with one attached hydrogen (secondary N) is 2. The summed E-state index contributed by atoms with van der Waals surface area (Å²) in [6, 6.07) is 7.31. The molecule has 3 aromatic heterocycles. The summed E-state index contributed by atoms with van der Waals surface area (Å²) in [6.07, 6.45) is 3.44. The molecule has 0 fully saturated rings. The summed E-state index contributed by atoms with van der Waals surface area (Å²) in [5.74, 6) is 3.97. The topological polar surface area (TPSA) is 107 Å². The van der Waals surface area contributed by atoms with Gasteiger partial charge in [-0.15, -0.1) is 37.2 Å². The molecule has 0 bridgehead atoms. The molecule has 8 nitrogen and oxygen atoms in total. The number of rotatable bonds is 10. The molecule has 0 unspecified atom stereocenters. The molecule has 32 heavy (non-hydrogen) atoms. The van der Waals surface area contributed by atoms with Gasteiger partial charge in [-0.1, -0.05) is 0 Å². The summed E-state index contributed by atoms with van der Waals surface area (Å²) in [4.78, 5) is 25.1. The summed E-state index contributed by atoms with van der Waals surface area (Å²) in [5.41, 5.74) is 1.13. The van der Waals surface area contributed by atoms with Gasteiger partial charge in [-0.3, -0.25) is 9.78 Å². The molecule has 0 amide bonds. The summed E-state index contributed by atoms with van der Waals surface area (Å²) >= 11 is 1.75. The molecular weight excluding hydrogens is 497 g/mol. The number of thioether (sulfide) groups is 1. The molecule has 0 radical (unpaired) electrons. The maximum absolute atomic E-state index is 12.2. The molecular formula is C20H28Cl3N5O3S. The first-order chi connectivity index (χ1) is 14.0. The van der Waals surface area contributed by atoms with E-state index in [0.29, 0.717) is 24.5 Å². The molecule has 0 atom stereocenters. The number of pyridine rings is 1. The van der Waals surface area contributed by atoms with Crippen molar-refractivity contribution in [1.82, 2.24) is 19.9 Å². The van der Waals surface area contributed by atoms with E-state index in [0.717, 1.165) is 35.1 Å². The fraction of sp³-hybridized carbons (Fsp3) is 0.350. The van der Waals surface area contributed by atoms with Crippen molar-refractivity contribution in [1.29, 1.82) is 0 Å². The van der Waals surface area contributed by atoms with Gasteiger partial charge in [-0.05, 0) is 37.9 Å². The van der Waals surface area contributed by atoms with Crippen LogP contribution in [0.5, 0.6) is 5.88 Å². The van der Waals surface area contributed by atoms with Crippen molar-refractivity contribution in [3.63, 3.8) is 0 Å². The Labute approximate surface area is 209 Å². The lowest BCUT2D eigenvalue weighted by Gasteiger charge is -2.07. The van der Waals surface area contributed by atoms with E-state index < -0.39 is 0 Å². The van der Waals surface area contributed by atoms with Crippen LogP contribution in [-0.2, 0) is 18.7 Å². The number of hydrogen-bond acceptors (Lipinski definition) is 8. The van der Waals surface area contributed by atoms with Gasteiger partial charge in [-0.2, -0.15) is 11.8 Å². The van der Waals surface area contributed by atoms with E-state index in [9.17, 15) is 9.90 Å². The van der Waals surface area contributed by atoms with E-state index in [-0.39, 0.29) is 48.7 Å². The fourth-order valence-electron chi connectivity index (χ4n) is 2.74. The third-order valence-electron chi connectivity index (χ3n) is 4.05. The van der Waals surface area contributed by atoms with Crippen molar-refractivity contribution in [3.05, 3.63) is 69.7 Å². The van der Waals surface area contributed by atoms with Gasteiger partial charge in [0, 0.05) is 42.7 Å². The molecule has 0 aliphatic carbocycles. The SMILES string of the molecule is CN(C)Cc1ccc(CSCCNc2ncc(Cc3ccnc(O)c3)c(=O)[nH]2)o1.Cl.Cl.Cl. The molecule has 178 valence electrons. The van der Waals surface area contributed by atoms with Gasteiger partial charge in [0.1, 0.15) is 11.5 Å². The van der Waals surface area contributed by atoms with Crippen LogP contribution in [0.2, 0.25) is 0 Å². The van der Waals surface area contributed by atoms with Crippen molar-refractivity contribution in [2.45, 2.75) is 18.7 Å². The molecule has 3 heterocycles. The number of halogens is 3. The highest BCUT2D eigenvalue weighted by Crippen LogP contribution is 2.16. The number of hydrogen-bond donors (Lipinski definition) is 3. The van der Waals surface area contributed by atoms with Crippen LogP contribution in [0.15, 0.2) is 45.9 Å². The van der Waals surface area contributed by atoms with Gasteiger partial charge in [0.2, 0.25) is 11.8 Å². The first-order valence-electron chi connectivity index (χ1n) is 9.25. The molecule has 0 aromatic carbocycles. The van der Waals surface area contributed by atoms with Crippen LogP contribution >= 0.6 is 49.0 Å². The summed E-state index contributed by atoms with van der Waals surface area (Å²) in [6.45, 7) is 1.47. The highest BCUT2D eigenvalue weighted by molar-refractivity contribution is 7.98. The average molecular weight is 525 g/mol. The normalized spacial score (nSPS) is 10.1. The largest absolute Gasteiger partial charge is 0.493 e. The van der Waals surface area contributed by atoms with Gasteiger partial charge in [0.25, 0.3) is 5.56 Å². The molecule has 3 rings (SSSR count). The fourth-order valence-corrected chi connectivity index (χ4v) is 3.49. The zero-order valence-corrected chi connectivity index (χ0v) is 21.0. The second-order valence-electron chi connectivity index (χ2n) is 6.87. The Balaban J connectivity index is 0.00000320. The lowest BCUT2D eigenvalue weighted by molar-refractivity contribution is 0.344. The Morgan fingerprint density at radius 3 is 2.59 bits per heavy atom. The predicted octanol–water partition coefficient (Wildman–Crippen LogP) is 3.73. The quantitative estimate of drug-likeness (QED) is 0.344. The Morgan fingerprint density at radius 1 is 1.16 bits per heavy atom. The van der Waals surface area contributed by atoms with Crippen LogP contribution in [-0.4, -0.2) is 51.4 Å². The number of aromatic hydroxyl groups is 1. The lowest BCUT2D eigenvalue weighted by atomic mass is 10.1. The number of nitrogens with zero attached hydrogens (tertiary/aromatic N) is 3. The van der Waals surface area contributed by atoms with Crippen molar-refractivity contribution in [3.8, 4) is 5.88 Å². The van der Waals surface area contributed by atoms with Crippen LogP contribution in [0.3, 0.4) is 0 Å². The Kier molecular flexibility index (Phi) is 14.1. The standard InChI is InChI=1S/C20H25N5O3S.3ClH/c1-25(2)12-16-3-4-17(28-16)13-29-8-7-22-20-23-11-15(19(27)24-20)9-14-5-6-21-18(26)10-14;;;/h3-6,10-11H,7-9,12-13H2,1-2H3,(H,21,26)(H2,22,23,24,27);3*1H. The number of furan rings is 1. The van der Waals surface area contributed by atoms with E-state index in [1.165, 1.54) is 12.3 Å². The summed E-state index contributed by atoms with van der Waals surface area (Å²) in [5, 5.41) is 12.5. The highest BCUT2D eigenvalue weighted by Gasteiger charge is 2.06. The van der Waals surface area contributed by atoms with E-state index in [1.807, 2.05) is 26.2 Å². The number of anilines is 1. The molecule has 12 heteroatoms. The number of H-pyrrole nitrogens is 1. The van der Waals surface area contributed by atoms with E-state index in [1.54, 1.807) is 24.0 Å². The van der Waals surface area contributed by atoms with Gasteiger partial charge in [0.15, 0.2) is 0 Å². The number of aromatic amines is 1. The van der Waals surface area contributed by atoms with Crippen LogP contribution in [0.1, 0.15) is 22.6 Å². The van der Waals surface area contributed by atoms with Gasteiger partial charge in [0.05, 0.1) is 12.3 Å². The van der Waals surface area contributed by atoms with Crippen molar-refractivity contribution >= 4 is 54.9 Å². The Hall–Kier alpha value is -1.91. The summed E-state index contributed by atoms with van der Waals surface area (Å²) < 4.78 is 5.78. The predicted molar refractivity (Wildman–Crippen MR) is 136 cm³/mol. The molecule has 0 aliphatic rings. The van der Waals surface area contributed by atoms with Crippen LogP contribution in [0, 0.1) is 0 Å². The molecule has 3 aromatic rings. The average Bonchev–Trinajstić information content (AvgIpc) is 3.10.